The quantitative estimate of drug-likeness (QED) is 0.0508. The minimum Gasteiger partial charge on any atom is -0.491 e. The summed E-state index contributed by atoms with van der Waals surface area (Å²) in [6.45, 7) is -8.85. The summed E-state index contributed by atoms with van der Waals surface area (Å²) in [5.41, 5.74) is -3.35. The molecule has 3 N–H and O–H groups in total. The summed E-state index contributed by atoms with van der Waals surface area (Å²) in [6, 6.07) is 13.1. The fourth-order valence-corrected chi connectivity index (χ4v) is 4.41. The molecule has 0 saturated carbocycles. The van der Waals surface area contributed by atoms with Crippen LogP contribution in [0.1, 0.15) is 11.1 Å². The van der Waals surface area contributed by atoms with Crippen molar-refractivity contribution in [2.45, 2.75) is 49.2 Å². The first kappa shape index (κ1) is 47.7. The van der Waals surface area contributed by atoms with Gasteiger partial charge in [-0.25, -0.2) is 9.47 Å². The molecule has 0 spiro atoms. The number of halogens is 12. The third kappa shape index (κ3) is 18.2. The van der Waals surface area contributed by atoms with E-state index in [9.17, 15) is 68.0 Å². The van der Waals surface area contributed by atoms with Crippen molar-refractivity contribution in [3.8, 4) is 11.5 Å². The molecule has 0 aliphatic rings. The van der Waals surface area contributed by atoms with Crippen molar-refractivity contribution in [3.05, 3.63) is 71.8 Å². The third-order valence-electron chi connectivity index (χ3n) is 6.86. The maximum Gasteiger partial charge on any atom is 0.495 e. The van der Waals surface area contributed by atoms with Crippen molar-refractivity contribution in [2.75, 3.05) is 66.1 Å². The molecule has 3 rings (SSSR count). The highest BCUT2D eigenvalue weighted by atomic mass is 19.4. The van der Waals surface area contributed by atoms with Gasteiger partial charge in [-0.05, 0) is 41.1 Å². The smallest absolute Gasteiger partial charge is 0.491 e. The first-order valence-electron chi connectivity index (χ1n) is 16.4. The van der Waals surface area contributed by atoms with E-state index in [2.05, 4.69) is 18.9 Å². The second kappa shape index (κ2) is 20.8. The van der Waals surface area contributed by atoms with Gasteiger partial charge in [-0.3, -0.25) is 0 Å². The van der Waals surface area contributed by atoms with Crippen molar-refractivity contribution < 1.29 is 106 Å². The Labute approximate surface area is 315 Å². The number of ether oxygens (including phenoxy) is 8. The van der Waals surface area contributed by atoms with E-state index in [0.717, 1.165) is 10.8 Å². The number of hydrogen-bond acceptors (Lipinski definition) is 11. The maximum atomic E-state index is 13.9. The number of aliphatic hydroxyl groups excluding tert-OH is 3. The van der Waals surface area contributed by atoms with Crippen LogP contribution in [0, 0.1) is 0 Å². The number of alkyl halides is 12. The molecule has 0 saturated heterocycles. The van der Waals surface area contributed by atoms with Gasteiger partial charge in [0.1, 0.15) is 56.2 Å². The van der Waals surface area contributed by atoms with E-state index in [0.29, 0.717) is 5.75 Å². The topological polar surface area (TPSA) is 135 Å². The van der Waals surface area contributed by atoms with E-state index in [-0.39, 0.29) is 31.4 Å². The van der Waals surface area contributed by atoms with Crippen LogP contribution in [-0.4, -0.2) is 118 Å². The summed E-state index contributed by atoms with van der Waals surface area (Å²) >= 11 is 0. The summed E-state index contributed by atoms with van der Waals surface area (Å²) in [7, 11) is 0. The first-order valence-corrected chi connectivity index (χ1v) is 16.4. The molecule has 0 aliphatic heterocycles. The Morgan fingerprint density at radius 1 is 0.456 bits per heavy atom. The van der Waals surface area contributed by atoms with Gasteiger partial charge in [-0.1, -0.05) is 30.3 Å². The zero-order valence-electron chi connectivity index (χ0n) is 29.2. The van der Waals surface area contributed by atoms with Crippen LogP contribution in [0.15, 0.2) is 60.7 Å². The molecule has 57 heavy (non-hydrogen) atoms. The van der Waals surface area contributed by atoms with Gasteiger partial charge in [0.15, 0.2) is 0 Å². The van der Waals surface area contributed by atoms with Crippen molar-refractivity contribution in [1.29, 1.82) is 0 Å². The standard InChI is InChI=1S/C34H36F12O11/c35-30(36,19-51-8-7-50-13-26(48)17-54-28-6-5-21-3-1-2-4-22(21)9-28)56-34(45,46)57-31(37,38)20-53-16-25(47)14-52-15-27(49)18-55-29-11-23(32(39,40)41)10-24(12-29)33(42,43)44/h1-6,9-12,25-27,47-49H,7-8,13-20H2. The van der Waals surface area contributed by atoms with Crippen LogP contribution in [-0.2, 0) is 40.8 Å². The molecule has 3 aromatic rings. The molecule has 0 heterocycles. The molecule has 11 nitrogen and oxygen atoms in total. The van der Waals surface area contributed by atoms with Crippen LogP contribution in [0.5, 0.6) is 11.5 Å². The van der Waals surface area contributed by atoms with Gasteiger partial charge in [0.25, 0.3) is 0 Å². The second-order valence-corrected chi connectivity index (χ2v) is 12.0. The Morgan fingerprint density at radius 2 is 0.912 bits per heavy atom. The maximum absolute atomic E-state index is 13.9. The van der Waals surface area contributed by atoms with Gasteiger partial charge in [0.05, 0.1) is 50.8 Å². The van der Waals surface area contributed by atoms with Gasteiger partial charge < -0.3 is 43.7 Å². The van der Waals surface area contributed by atoms with Crippen LogP contribution in [0.4, 0.5) is 52.7 Å². The summed E-state index contributed by atoms with van der Waals surface area (Å²) in [5, 5.41) is 31.4. The molecule has 0 aliphatic carbocycles. The molecular weight excluding hydrogens is 812 g/mol. The monoisotopic (exact) mass is 848 g/mol. The molecule has 0 aromatic heterocycles. The minimum atomic E-state index is -5.59. The number of rotatable bonds is 25. The summed E-state index contributed by atoms with van der Waals surface area (Å²) in [6.07, 6.45) is -30.3. The minimum absolute atomic E-state index is 0.145. The summed E-state index contributed by atoms with van der Waals surface area (Å²) < 4.78 is 196. The molecule has 3 atom stereocenters. The number of fused-ring (bicyclic) bond motifs is 1. The lowest BCUT2D eigenvalue weighted by molar-refractivity contribution is -0.518. The van der Waals surface area contributed by atoms with Crippen LogP contribution < -0.4 is 9.47 Å². The summed E-state index contributed by atoms with van der Waals surface area (Å²) in [4.78, 5) is 0. The van der Waals surface area contributed by atoms with E-state index < -0.39 is 119 Å². The Hall–Kier alpha value is -3.68. The fraction of sp³-hybridized carbons (Fsp3) is 0.529. The average molecular weight is 849 g/mol. The Kier molecular flexibility index (Phi) is 17.4. The van der Waals surface area contributed by atoms with E-state index in [1.165, 1.54) is 0 Å². The predicted molar refractivity (Wildman–Crippen MR) is 170 cm³/mol. The van der Waals surface area contributed by atoms with Crippen molar-refractivity contribution in [1.82, 2.24) is 0 Å². The zero-order valence-corrected chi connectivity index (χ0v) is 29.2. The second-order valence-electron chi connectivity index (χ2n) is 12.0. The molecule has 3 aromatic carbocycles. The zero-order chi connectivity index (χ0) is 42.5. The van der Waals surface area contributed by atoms with Crippen molar-refractivity contribution >= 4 is 10.8 Å². The number of benzene rings is 3. The third-order valence-corrected chi connectivity index (χ3v) is 6.86. The van der Waals surface area contributed by atoms with Gasteiger partial charge in [0.2, 0.25) is 0 Å². The van der Waals surface area contributed by atoms with Crippen LogP contribution in [0.2, 0.25) is 0 Å². The van der Waals surface area contributed by atoms with Gasteiger partial charge in [-0.2, -0.15) is 43.9 Å². The van der Waals surface area contributed by atoms with Crippen LogP contribution >= 0.6 is 0 Å². The Bertz CT molecular complexity index is 1630. The van der Waals surface area contributed by atoms with Gasteiger partial charge in [-0.15, -0.1) is 8.78 Å². The molecule has 0 fully saturated rings. The molecule has 0 amide bonds. The fourth-order valence-electron chi connectivity index (χ4n) is 4.41. The predicted octanol–water partition coefficient (Wildman–Crippen LogP) is 6.25. The lowest BCUT2D eigenvalue weighted by Crippen LogP contribution is -2.44. The Morgan fingerprint density at radius 3 is 1.47 bits per heavy atom. The van der Waals surface area contributed by atoms with E-state index in [1.807, 2.05) is 30.3 Å². The van der Waals surface area contributed by atoms with Gasteiger partial charge >= 0.3 is 30.9 Å². The lowest BCUT2D eigenvalue weighted by atomic mass is 10.1. The SMILES string of the molecule is OC(COCC(O)COc1cc(C(F)(F)F)cc(C(F)(F)F)c1)COCC(F)(F)OC(F)(F)OC(F)(F)COCCOCC(O)COc1ccc2ccccc2c1. The van der Waals surface area contributed by atoms with Crippen molar-refractivity contribution in [2.24, 2.45) is 0 Å². The molecular formula is C34H36F12O11. The molecule has 322 valence electrons. The van der Waals surface area contributed by atoms with Crippen molar-refractivity contribution in [3.63, 3.8) is 0 Å². The lowest BCUT2D eigenvalue weighted by Gasteiger charge is -2.26. The summed E-state index contributed by atoms with van der Waals surface area (Å²) in [5.74, 6) is -0.425. The normalized spacial score (nSPS) is 14.8. The van der Waals surface area contributed by atoms with Gasteiger partial charge in [0, 0.05) is 0 Å². The average Bonchev–Trinajstić information content (AvgIpc) is 3.09. The van der Waals surface area contributed by atoms with Crippen LogP contribution in [0.25, 0.3) is 10.8 Å². The molecule has 0 bridgehead atoms. The highest BCUT2D eigenvalue weighted by Gasteiger charge is 2.52. The molecule has 3 unspecified atom stereocenters. The largest absolute Gasteiger partial charge is 0.495 e. The number of aliphatic hydroxyl groups is 3. The van der Waals surface area contributed by atoms with E-state index in [4.69, 9.17) is 18.9 Å². The Balaban J connectivity index is 1.27. The van der Waals surface area contributed by atoms with E-state index in [1.54, 1.807) is 12.1 Å². The first-order chi connectivity index (χ1) is 26.4. The molecule has 23 heteroatoms. The van der Waals surface area contributed by atoms with E-state index >= 15 is 0 Å². The highest BCUT2D eigenvalue weighted by molar-refractivity contribution is 5.83. The highest BCUT2D eigenvalue weighted by Crippen LogP contribution is 2.38. The molecule has 0 radical (unpaired) electrons. The van der Waals surface area contributed by atoms with Crippen LogP contribution in [0.3, 0.4) is 0 Å². The number of hydrogen-bond donors (Lipinski definition) is 3.